The van der Waals surface area contributed by atoms with Crippen molar-refractivity contribution in [3.05, 3.63) is 57.8 Å². The summed E-state index contributed by atoms with van der Waals surface area (Å²) in [6, 6.07) is 12.7. The van der Waals surface area contributed by atoms with Gasteiger partial charge in [0.25, 0.3) is 0 Å². The van der Waals surface area contributed by atoms with Crippen LogP contribution in [-0.4, -0.2) is 0 Å². The largest absolute Gasteiger partial charge is 0.144 e. The van der Waals surface area contributed by atoms with Crippen LogP contribution in [0.2, 0.25) is 0 Å². The number of rotatable bonds is 2. The first-order chi connectivity index (χ1) is 6.84. The summed E-state index contributed by atoms with van der Waals surface area (Å²) in [5, 5.41) is 2.09. The minimum Gasteiger partial charge on any atom is -0.144 e. The number of benzene rings is 1. The molecule has 0 saturated carbocycles. The van der Waals surface area contributed by atoms with Crippen LogP contribution in [0.5, 0.6) is 0 Å². The Balaban J connectivity index is 2.15. The summed E-state index contributed by atoms with van der Waals surface area (Å²) in [7, 11) is 0. The van der Waals surface area contributed by atoms with Crippen LogP contribution >= 0.6 is 11.3 Å². The van der Waals surface area contributed by atoms with Crippen molar-refractivity contribution in [2.24, 2.45) is 0 Å². The van der Waals surface area contributed by atoms with Gasteiger partial charge in [0.05, 0.1) is 0 Å². The first-order valence-corrected chi connectivity index (χ1v) is 5.51. The van der Waals surface area contributed by atoms with Crippen LogP contribution in [0.15, 0.2) is 41.8 Å². The van der Waals surface area contributed by atoms with Gasteiger partial charge in [-0.1, -0.05) is 42.0 Å². The van der Waals surface area contributed by atoms with Gasteiger partial charge in [-0.15, -0.1) is 11.3 Å². The molecule has 70 valence electrons. The lowest BCUT2D eigenvalue weighted by molar-refractivity contribution is 1.46. The Morgan fingerprint density at radius 3 is 2.43 bits per heavy atom. The fourth-order valence-corrected chi connectivity index (χ4v) is 1.86. The zero-order chi connectivity index (χ0) is 9.80. The number of thiophene rings is 1. The van der Waals surface area contributed by atoms with Crippen molar-refractivity contribution in [1.29, 1.82) is 0 Å². The van der Waals surface area contributed by atoms with Gasteiger partial charge in [-0.3, -0.25) is 0 Å². The first-order valence-electron chi connectivity index (χ1n) is 4.63. The molecule has 1 aromatic heterocycles. The normalized spacial score (nSPS) is 10.9. The third-order valence-corrected chi connectivity index (χ3v) is 2.90. The summed E-state index contributed by atoms with van der Waals surface area (Å²) in [4.78, 5) is 1.30. The van der Waals surface area contributed by atoms with Gasteiger partial charge >= 0.3 is 0 Å². The summed E-state index contributed by atoms with van der Waals surface area (Å²) < 4.78 is 0. The van der Waals surface area contributed by atoms with Gasteiger partial charge in [0.1, 0.15) is 0 Å². The van der Waals surface area contributed by atoms with E-state index in [1.807, 2.05) is 0 Å². The maximum atomic E-state index is 2.15. The Bertz CT molecular complexity index is 407. The van der Waals surface area contributed by atoms with Crippen molar-refractivity contribution in [3.63, 3.8) is 0 Å². The highest BCUT2D eigenvalue weighted by Gasteiger charge is 1.88. The molecule has 0 spiro atoms. The molecule has 0 N–H and O–H groups in total. The van der Waals surface area contributed by atoms with Crippen LogP contribution in [0.25, 0.3) is 12.2 Å². The third kappa shape index (κ3) is 2.33. The SMILES string of the molecule is Cc1ccc(/C=C\c2cccs2)cc1. The van der Waals surface area contributed by atoms with Crippen molar-refractivity contribution in [2.45, 2.75) is 6.92 Å². The second-order valence-corrected chi connectivity index (χ2v) is 4.24. The van der Waals surface area contributed by atoms with Gasteiger partial charge in [0, 0.05) is 4.88 Å². The highest BCUT2D eigenvalue weighted by Crippen LogP contribution is 2.13. The van der Waals surface area contributed by atoms with E-state index in [4.69, 9.17) is 0 Å². The molecule has 0 atom stereocenters. The molecule has 0 fully saturated rings. The van der Waals surface area contributed by atoms with Crippen LogP contribution in [-0.2, 0) is 0 Å². The lowest BCUT2D eigenvalue weighted by Gasteiger charge is -1.93. The highest BCUT2D eigenvalue weighted by atomic mass is 32.1. The van der Waals surface area contributed by atoms with Gasteiger partial charge in [-0.2, -0.15) is 0 Å². The lowest BCUT2D eigenvalue weighted by atomic mass is 10.1. The maximum absolute atomic E-state index is 2.15. The van der Waals surface area contributed by atoms with E-state index in [-0.39, 0.29) is 0 Å². The van der Waals surface area contributed by atoms with Gasteiger partial charge in [-0.25, -0.2) is 0 Å². The van der Waals surface area contributed by atoms with Crippen LogP contribution in [0.4, 0.5) is 0 Å². The first kappa shape index (κ1) is 9.22. The van der Waals surface area contributed by atoms with E-state index in [9.17, 15) is 0 Å². The third-order valence-electron chi connectivity index (χ3n) is 2.06. The number of hydrogen-bond acceptors (Lipinski definition) is 1. The molecule has 0 aliphatic carbocycles. The Labute approximate surface area is 88.5 Å². The molecule has 0 aliphatic heterocycles. The molecule has 0 saturated heterocycles. The smallest absolute Gasteiger partial charge is 0.0270 e. The molecular weight excluding hydrogens is 188 g/mol. The van der Waals surface area contributed by atoms with E-state index in [1.54, 1.807) is 11.3 Å². The molecule has 0 unspecified atom stereocenters. The standard InChI is InChI=1S/C13H12S/c1-11-4-6-12(7-5-11)8-9-13-3-2-10-14-13/h2-10H,1H3/b9-8-. The lowest BCUT2D eigenvalue weighted by Crippen LogP contribution is -1.72. The highest BCUT2D eigenvalue weighted by molar-refractivity contribution is 7.10. The summed E-state index contributed by atoms with van der Waals surface area (Å²) in [6.45, 7) is 2.10. The van der Waals surface area contributed by atoms with E-state index in [2.05, 4.69) is 60.9 Å². The Morgan fingerprint density at radius 2 is 1.79 bits per heavy atom. The molecule has 0 aliphatic rings. The Kier molecular flexibility index (Phi) is 2.80. The van der Waals surface area contributed by atoms with Gasteiger partial charge in [0.15, 0.2) is 0 Å². The molecule has 1 heteroatoms. The zero-order valence-electron chi connectivity index (χ0n) is 8.10. The fourth-order valence-electron chi connectivity index (χ4n) is 1.24. The van der Waals surface area contributed by atoms with Crippen LogP contribution in [0.3, 0.4) is 0 Å². The van der Waals surface area contributed by atoms with E-state index in [1.165, 1.54) is 16.0 Å². The van der Waals surface area contributed by atoms with E-state index >= 15 is 0 Å². The zero-order valence-corrected chi connectivity index (χ0v) is 8.92. The minimum atomic E-state index is 1.25. The topological polar surface area (TPSA) is 0 Å². The summed E-state index contributed by atoms with van der Waals surface area (Å²) in [6.07, 6.45) is 4.29. The van der Waals surface area contributed by atoms with E-state index in [0.29, 0.717) is 0 Å². The Morgan fingerprint density at radius 1 is 1.00 bits per heavy atom. The molecule has 0 amide bonds. The molecule has 14 heavy (non-hydrogen) atoms. The maximum Gasteiger partial charge on any atom is 0.0270 e. The van der Waals surface area contributed by atoms with E-state index in [0.717, 1.165) is 0 Å². The fraction of sp³-hybridized carbons (Fsp3) is 0.0769. The molecular formula is C13H12S. The van der Waals surface area contributed by atoms with Gasteiger partial charge in [0.2, 0.25) is 0 Å². The average molecular weight is 200 g/mol. The summed E-state index contributed by atoms with van der Waals surface area (Å²) in [5.74, 6) is 0. The number of aryl methyl sites for hydroxylation is 1. The molecule has 2 aromatic rings. The van der Waals surface area contributed by atoms with Crippen molar-refractivity contribution in [1.82, 2.24) is 0 Å². The molecule has 2 rings (SSSR count). The summed E-state index contributed by atoms with van der Waals surface area (Å²) in [5.41, 5.74) is 2.56. The predicted octanol–water partition coefficient (Wildman–Crippen LogP) is 4.23. The second-order valence-electron chi connectivity index (χ2n) is 3.26. The quantitative estimate of drug-likeness (QED) is 0.680. The van der Waals surface area contributed by atoms with Crippen molar-refractivity contribution in [3.8, 4) is 0 Å². The van der Waals surface area contributed by atoms with Gasteiger partial charge < -0.3 is 0 Å². The van der Waals surface area contributed by atoms with Crippen LogP contribution < -0.4 is 0 Å². The van der Waals surface area contributed by atoms with Gasteiger partial charge in [-0.05, 0) is 30.0 Å². The Hall–Kier alpha value is -1.34. The molecule has 1 aromatic carbocycles. The molecule has 0 nitrogen and oxygen atoms in total. The number of hydrogen-bond donors (Lipinski definition) is 0. The van der Waals surface area contributed by atoms with Crippen LogP contribution in [0, 0.1) is 6.92 Å². The van der Waals surface area contributed by atoms with Crippen molar-refractivity contribution in [2.75, 3.05) is 0 Å². The second kappa shape index (κ2) is 4.25. The predicted molar refractivity (Wildman–Crippen MR) is 64.4 cm³/mol. The monoisotopic (exact) mass is 200 g/mol. The van der Waals surface area contributed by atoms with E-state index < -0.39 is 0 Å². The summed E-state index contributed by atoms with van der Waals surface area (Å²) >= 11 is 1.76. The van der Waals surface area contributed by atoms with Crippen molar-refractivity contribution < 1.29 is 0 Å². The molecule has 1 heterocycles. The van der Waals surface area contributed by atoms with Crippen molar-refractivity contribution >= 4 is 23.5 Å². The minimum absolute atomic E-state index is 1.25. The average Bonchev–Trinajstić information content (AvgIpc) is 2.70. The van der Waals surface area contributed by atoms with Crippen LogP contribution in [0.1, 0.15) is 16.0 Å². The molecule has 0 radical (unpaired) electrons. The molecule has 0 bridgehead atoms.